The molecule has 1 aromatic rings. The molecule has 0 spiro atoms. The van der Waals surface area contributed by atoms with Gasteiger partial charge in [0.1, 0.15) is 6.54 Å². The van der Waals surface area contributed by atoms with Crippen LogP contribution in [0, 0.1) is 0 Å². The molecule has 1 aromatic heterocycles. The lowest BCUT2D eigenvalue weighted by Gasteiger charge is -2.27. The lowest BCUT2D eigenvalue weighted by Crippen LogP contribution is -2.44. The van der Waals surface area contributed by atoms with E-state index in [1.165, 1.54) is 0 Å². The molecule has 6 heteroatoms. The minimum Gasteiger partial charge on any atom is -0.378 e. The van der Waals surface area contributed by atoms with E-state index >= 15 is 0 Å². The van der Waals surface area contributed by atoms with Crippen molar-refractivity contribution >= 4 is 5.96 Å². The van der Waals surface area contributed by atoms with E-state index in [0.29, 0.717) is 31.6 Å². The van der Waals surface area contributed by atoms with Gasteiger partial charge in [0.15, 0.2) is 11.7 Å². The third kappa shape index (κ3) is 3.22. The summed E-state index contributed by atoms with van der Waals surface area (Å²) in [6, 6.07) is 1.93. The van der Waals surface area contributed by atoms with Crippen molar-refractivity contribution in [3.05, 3.63) is 17.5 Å². The monoisotopic (exact) mass is 252 g/mol. The van der Waals surface area contributed by atoms with Crippen LogP contribution in [0.2, 0.25) is 0 Å². The number of nitrogens with two attached hydrogens (primary N) is 1. The minimum absolute atomic E-state index is 0.364. The van der Waals surface area contributed by atoms with Crippen LogP contribution in [0.3, 0.4) is 0 Å². The minimum atomic E-state index is 0.364. The summed E-state index contributed by atoms with van der Waals surface area (Å²) in [5, 5.41) is 3.99. The SMILES string of the molecule is CC(C)c1cc(CN=C(N)N2CCOCC2)on1. The summed E-state index contributed by atoms with van der Waals surface area (Å²) < 4.78 is 10.5. The molecule has 18 heavy (non-hydrogen) atoms. The van der Waals surface area contributed by atoms with Crippen LogP contribution in [-0.4, -0.2) is 42.3 Å². The van der Waals surface area contributed by atoms with E-state index in [2.05, 4.69) is 24.0 Å². The van der Waals surface area contributed by atoms with Gasteiger partial charge in [-0.25, -0.2) is 4.99 Å². The number of aliphatic imine (C=N–C) groups is 1. The molecule has 0 amide bonds. The van der Waals surface area contributed by atoms with E-state index in [-0.39, 0.29) is 0 Å². The van der Waals surface area contributed by atoms with Crippen LogP contribution in [-0.2, 0) is 11.3 Å². The molecule has 0 atom stereocenters. The van der Waals surface area contributed by atoms with E-state index in [9.17, 15) is 0 Å². The van der Waals surface area contributed by atoms with E-state index < -0.39 is 0 Å². The zero-order chi connectivity index (χ0) is 13.0. The number of hydrogen-bond donors (Lipinski definition) is 1. The molecule has 0 radical (unpaired) electrons. The molecule has 0 aliphatic carbocycles. The zero-order valence-corrected chi connectivity index (χ0v) is 10.9. The molecule has 0 bridgehead atoms. The third-order valence-corrected chi connectivity index (χ3v) is 2.90. The second-order valence-electron chi connectivity index (χ2n) is 4.65. The molecule has 1 aliphatic heterocycles. The van der Waals surface area contributed by atoms with E-state index in [4.69, 9.17) is 15.0 Å². The molecule has 2 N–H and O–H groups in total. The Morgan fingerprint density at radius 1 is 1.50 bits per heavy atom. The number of morpholine rings is 1. The quantitative estimate of drug-likeness (QED) is 0.640. The first-order valence-corrected chi connectivity index (χ1v) is 6.25. The van der Waals surface area contributed by atoms with Crippen molar-refractivity contribution in [2.75, 3.05) is 26.3 Å². The summed E-state index contributed by atoms with van der Waals surface area (Å²) in [6.07, 6.45) is 0. The average molecular weight is 252 g/mol. The second-order valence-corrected chi connectivity index (χ2v) is 4.65. The van der Waals surface area contributed by atoms with Gasteiger partial charge in [0, 0.05) is 19.2 Å². The molecule has 6 nitrogen and oxygen atoms in total. The predicted molar refractivity (Wildman–Crippen MR) is 68.3 cm³/mol. The summed E-state index contributed by atoms with van der Waals surface area (Å²) in [4.78, 5) is 6.34. The van der Waals surface area contributed by atoms with Crippen LogP contribution in [0.5, 0.6) is 0 Å². The average Bonchev–Trinajstić information content (AvgIpc) is 2.86. The third-order valence-electron chi connectivity index (χ3n) is 2.90. The Morgan fingerprint density at radius 2 is 2.22 bits per heavy atom. The van der Waals surface area contributed by atoms with Gasteiger partial charge in [0.05, 0.1) is 18.9 Å². The van der Waals surface area contributed by atoms with Crippen LogP contribution >= 0.6 is 0 Å². The molecular formula is C12H20N4O2. The maximum atomic E-state index is 5.92. The molecule has 0 unspecified atom stereocenters. The van der Waals surface area contributed by atoms with Gasteiger partial charge in [0.2, 0.25) is 0 Å². The molecule has 2 rings (SSSR count). The van der Waals surface area contributed by atoms with Crippen molar-refractivity contribution in [3.63, 3.8) is 0 Å². The first-order chi connectivity index (χ1) is 8.66. The van der Waals surface area contributed by atoms with Gasteiger partial charge in [-0.05, 0) is 5.92 Å². The number of hydrogen-bond acceptors (Lipinski definition) is 4. The van der Waals surface area contributed by atoms with Gasteiger partial charge < -0.3 is 19.9 Å². The first kappa shape index (κ1) is 12.9. The lowest BCUT2D eigenvalue weighted by molar-refractivity contribution is 0.0674. The van der Waals surface area contributed by atoms with E-state index in [1.54, 1.807) is 0 Å². The second kappa shape index (κ2) is 5.86. The predicted octanol–water partition coefficient (Wildman–Crippen LogP) is 0.945. The highest BCUT2D eigenvalue weighted by molar-refractivity contribution is 5.78. The summed E-state index contributed by atoms with van der Waals surface area (Å²) in [5.41, 5.74) is 6.87. The maximum absolute atomic E-state index is 5.92. The standard InChI is InChI=1S/C12H20N4O2/c1-9(2)11-7-10(18-15-11)8-14-12(13)16-3-5-17-6-4-16/h7,9H,3-6,8H2,1-2H3,(H2,13,14). The van der Waals surface area contributed by atoms with Gasteiger partial charge in [0.25, 0.3) is 0 Å². The Bertz CT molecular complexity index is 408. The highest BCUT2D eigenvalue weighted by atomic mass is 16.5. The van der Waals surface area contributed by atoms with Gasteiger partial charge in [-0.3, -0.25) is 0 Å². The first-order valence-electron chi connectivity index (χ1n) is 6.25. The number of guanidine groups is 1. The van der Waals surface area contributed by atoms with Crippen molar-refractivity contribution in [2.45, 2.75) is 26.3 Å². The van der Waals surface area contributed by atoms with Crippen LogP contribution in [0.1, 0.15) is 31.2 Å². The van der Waals surface area contributed by atoms with Gasteiger partial charge in [-0.1, -0.05) is 19.0 Å². The highest BCUT2D eigenvalue weighted by Crippen LogP contribution is 2.14. The van der Waals surface area contributed by atoms with E-state index in [1.807, 2.05) is 11.0 Å². The molecule has 2 heterocycles. The number of rotatable bonds is 3. The molecule has 1 saturated heterocycles. The van der Waals surface area contributed by atoms with Gasteiger partial charge >= 0.3 is 0 Å². The topological polar surface area (TPSA) is 76.9 Å². The fourth-order valence-electron chi connectivity index (χ4n) is 1.73. The Kier molecular flexibility index (Phi) is 4.19. The number of ether oxygens (including phenoxy) is 1. The maximum Gasteiger partial charge on any atom is 0.191 e. The smallest absolute Gasteiger partial charge is 0.191 e. The van der Waals surface area contributed by atoms with E-state index in [0.717, 1.165) is 24.5 Å². The number of aromatic nitrogens is 1. The normalized spacial score (nSPS) is 17.5. The summed E-state index contributed by atoms with van der Waals surface area (Å²) in [6.45, 7) is 7.58. The number of nitrogens with zero attached hydrogens (tertiary/aromatic N) is 3. The highest BCUT2D eigenvalue weighted by Gasteiger charge is 2.12. The van der Waals surface area contributed by atoms with Crippen LogP contribution in [0.4, 0.5) is 0 Å². The Hall–Kier alpha value is -1.56. The van der Waals surface area contributed by atoms with Crippen molar-refractivity contribution in [1.82, 2.24) is 10.1 Å². The summed E-state index contributed by atoms with van der Waals surface area (Å²) in [7, 11) is 0. The molecule has 0 aromatic carbocycles. The molecule has 0 saturated carbocycles. The van der Waals surface area contributed by atoms with Crippen molar-refractivity contribution < 1.29 is 9.26 Å². The zero-order valence-electron chi connectivity index (χ0n) is 10.9. The van der Waals surface area contributed by atoms with Crippen LogP contribution in [0.25, 0.3) is 0 Å². The summed E-state index contributed by atoms with van der Waals surface area (Å²) in [5.74, 6) is 1.65. The molecule has 1 fully saturated rings. The Balaban J connectivity index is 1.91. The largest absolute Gasteiger partial charge is 0.378 e. The molecular weight excluding hydrogens is 232 g/mol. The van der Waals surface area contributed by atoms with Crippen molar-refractivity contribution in [2.24, 2.45) is 10.7 Å². The van der Waals surface area contributed by atoms with Gasteiger partial charge in [-0.2, -0.15) is 0 Å². The van der Waals surface area contributed by atoms with Crippen LogP contribution in [0.15, 0.2) is 15.6 Å². The van der Waals surface area contributed by atoms with Crippen molar-refractivity contribution in [1.29, 1.82) is 0 Å². The van der Waals surface area contributed by atoms with Gasteiger partial charge in [-0.15, -0.1) is 0 Å². The van der Waals surface area contributed by atoms with Crippen LogP contribution < -0.4 is 5.73 Å². The fourth-order valence-corrected chi connectivity index (χ4v) is 1.73. The molecule has 1 aliphatic rings. The Labute approximate surface area is 107 Å². The Morgan fingerprint density at radius 3 is 2.83 bits per heavy atom. The van der Waals surface area contributed by atoms with Crippen molar-refractivity contribution in [3.8, 4) is 0 Å². The fraction of sp³-hybridized carbons (Fsp3) is 0.667. The summed E-state index contributed by atoms with van der Waals surface area (Å²) >= 11 is 0. The lowest BCUT2D eigenvalue weighted by atomic mass is 10.1. The molecule has 100 valence electrons.